The summed E-state index contributed by atoms with van der Waals surface area (Å²) in [5.74, 6) is -1.78. The quantitative estimate of drug-likeness (QED) is 0.899. The molecule has 4 nitrogen and oxygen atoms in total. The molecule has 0 aliphatic heterocycles. The van der Waals surface area contributed by atoms with Crippen molar-refractivity contribution in [3.05, 3.63) is 34.5 Å². The van der Waals surface area contributed by atoms with E-state index in [9.17, 15) is 9.18 Å². The lowest BCUT2D eigenvalue weighted by Crippen LogP contribution is -2.05. The van der Waals surface area contributed by atoms with Crippen molar-refractivity contribution >= 4 is 23.2 Å². The first kappa shape index (κ1) is 11.9. The third kappa shape index (κ3) is 1.86. The predicted molar refractivity (Wildman–Crippen MR) is 61.2 cm³/mol. The maximum Gasteiger partial charge on any atom is 0.356 e. The molecule has 0 unspecified atom stereocenters. The van der Waals surface area contributed by atoms with Gasteiger partial charge in [0.05, 0.1) is 10.7 Å². The Morgan fingerprint density at radius 1 is 1.59 bits per heavy atom. The molecule has 0 amide bonds. The van der Waals surface area contributed by atoms with Gasteiger partial charge in [-0.2, -0.15) is 0 Å². The number of pyridine rings is 1. The lowest BCUT2D eigenvalue weighted by molar-refractivity contribution is 0.0689. The molecule has 0 spiro atoms. The summed E-state index contributed by atoms with van der Waals surface area (Å²) in [6, 6.07) is 1.11. The number of carboxylic acids is 1. The monoisotopic (exact) mass is 256 g/mol. The molecule has 90 valence electrons. The zero-order valence-electron chi connectivity index (χ0n) is 9.24. The van der Waals surface area contributed by atoms with E-state index in [1.165, 1.54) is 10.6 Å². The molecule has 0 saturated heterocycles. The summed E-state index contributed by atoms with van der Waals surface area (Å²) in [5.41, 5.74) is 0.607. The van der Waals surface area contributed by atoms with E-state index in [4.69, 9.17) is 16.7 Å². The highest BCUT2D eigenvalue weighted by Crippen LogP contribution is 2.26. The number of hydrogen-bond acceptors (Lipinski definition) is 2. The number of rotatable bonds is 2. The van der Waals surface area contributed by atoms with Crippen molar-refractivity contribution < 1.29 is 14.3 Å². The summed E-state index contributed by atoms with van der Waals surface area (Å²) in [4.78, 5) is 15.0. The summed E-state index contributed by atoms with van der Waals surface area (Å²) in [6.45, 7) is 3.63. The molecule has 0 aromatic carbocycles. The van der Waals surface area contributed by atoms with E-state index < -0.39 is 11.8 Å². The molecular formula is C11H10ClFN2O2. The summed E-state index contributed by atoms with van der Waals surface area (Å²) in [7, 11) is 0. The van der Waals surface area contributed by atoms with Gasteiger partial charge in [-0.25, -0.2) is 14.2 Å². The van der Waals surface area contributed by atoms with Crippen LogP contribution in [0.5, 0.6) is 0 Å². The SMILES string of the molecule is CC(C)c1c(C(=O)O)nc2c(Cl)cc(F)cn12. The van der Waals surface area contributed by atoms with Crippen LogP contribution in [0.2, 0.25) is 5.02 Å². The van der Waals surface area contributed by atoms with Gasteiger partial charge < -0.3 is 5.11 Å². The van der Waals surface area contributed by atoms with Crippen molar-refractivity contribution in [1.29, 1.82) is 0 Å². The first-order valence-corrected chi connectivity index (χ1v) is 5.40. The zero-order valence-corrected chi connectivity index (χ0v) is 9.99. The number of aromatic carboxylic acids is 1. The van der Waals surface area contributed by atoms with Gasteiger partial charge in [0.25, 0.3) is 0 Å². The van der Waals surface area contributed by atoms with E-state index >= 15 is 0 Å². The second-order valence-corrected chi connectivity index (χ2v) is 4.41. The number of hydrogen-bond donors (Lipinski definition) is 1. The van der Waals surface area contributed by atoms with Gasteiger partial charge in [0.15, 0.2) is 11.3 Å². The highest BCUT2D eigenvalue weighted by molar-refractivity contribution is 6.33. The van der Waals surface area contributed by atoms with Gasteiger partial charge in [0, 0.05) is 6.20 Å². The van der Waals surface area contributed by atoms with E-state index in [1.54, 1.807) is 0 Å². The van der Waals surface area contributed by atoms with Gasteiger partial charge in [0.2, 0.25) is 0 Å². The average Bonchev–Trinajstić information content (AvgIpc) is 2.56. The second kappa shape index (κ2) is 4.00. The minimum absolute atomic E-state index is 0.0903. The van der Waals surface area contributed by atoms with Crippen LogP contribution in [0.25, 0.3) is 5.65 Å². The Labute approximate surface area is 102 Å². The average molecular weight is 257 g/mol. The van der Waals surface area contributed by atoms with Crippen molar-refractivity contribution in [3.63, 3.8) is 0 Å². The number of nitrogens with zero attached hydrogens (tertiary/aromatic N) is 2. The largest absolute Gasteiger partial charge is 0.476 e. The molecule has 1 N–H and O–H groups in total. The van der Waals surface area contributed by atoms with E-state index in [-0.39, 0.29) is 22.3 Å². The van der Waals surface area contributed by atoms with Crippen LogP contribution < -0.4 is 0 Å². The van der Waals surface area contributed by atoms with Gasteiger partial charge in [-0.1, -0.05) is 25.4 Å². The molecule has 0 fully saturated rings. The Morgan fingerprint density at radius 3 is 2.76 bits per heavy atom. The highest BCUT2D eigenvalue weighted by atomic mass is 35.5. The normalized spacial score (nSPS) is 11.4. The fourth-order valence-electron chi connectivity index (χ4n) is 1.80. The van der Waals surface area contributed by atoms with Crippen molar-refractivity contribution in [2.45, 2.75) is 19.8 Å². The number of imidazole rings is 1. The fraction of sp³-hybridized carbons (Fsp3) is 0.273. The lowest BCUT2D eigenvalue weighted by Gasteiger charge is -2.06. The van der Waals surface area contributed by atoms with Crippen LogP contribution in [-0.2, 0) is 0 Å². The van der Waals surface area contributed by atoms with Crippen molar-refractivity contribution in [2.24, 2.45) is 0 Å². The van der Waals surface area contributed by atoms with E-state index in [2.05, 4.69) is 4.98 Å². The Balaban J connectivity index is 2.90. The maximum absolute atomic E-state index is 13.3. The number of aromatic nitrogens is 2. The van der Waals surface area contributed by atoms with Crippen molar-refractivity contribution in [1.82, 2.24) is 9.38 Å². The third-order valence-electron chi connectivity index (χ3n) is 2.43. The maximum atomic E-state index is 13.3. The highest BCUT2D eigenvalue weighted by Gasteiger charge is 2.22. The molecule has 0 aliphatic rings. The summed E-state index contributed by atoms with van der Waals surface area (Å²) >= 11 is 5.84. The minimum atomic E-state index is -1.14. The molecule has 0 saturated carbocycles. The molecule has 2 aromatic heterocycles. The molecule has 2 aromatic rings. The molecule has 17 heavy (non-hydrogen) atoms. The molecular weight excluding hydrogens is 247 g/mol. The Kier molecular flexibility index (Phi) is 2.79. The zero-order chi connectivity index (χ0) is 12.7. The van der Waals surface area contributed by atoms with Crippen LogP contribution >= 0.6 is 11.6 Å². The van der Waals surface area contributed by atoms with Crippen LogP contribution in [0.15, 0.2) is 12.3 Å². The lowest BCUT2D eigenvalue weighted by atomic mass is 10.1. The van der Waals surface area contributed by atoms with Gasteiger partial charge in [0.1, 0.15) is 5.82 Å². The number of halogens is 2. The Hall–Kier alpha value is -1.62. The molecule has 2 rings (SSSR count). The topological polar surface area (TPSA) is 54.6 Å². The molecule has 0 atom stereocenters. The van der Waals surface area contributed by atoms with Crippen molar-refractivity contribution in [3.8, 4) is 0 Å². The molecule has 0 radical (unpaired) electrons. The summed E-state index contributed by atoms with van der Waals surface area (Å²) < 4.78 is 14.7. The molecule has 6 heteroatoms. The molecule has 2 heterocycles. The van der Waals surface area contributed by atoms with Gasteiger partial charge in [-0.15, -0.1) is 0 Å². The first-order valence-electron chi connectivity index (χ1n) is 5.02. The minimum Gasteiger partial charge on any atom is -0.476 e. The Morgan fingerprint density at radius 2 is 2.24 bits per heavy atom. The smallest absolute Gasteiger partial charge is 0.356 e. The van der Waals surface area contributed by atoms with E-state index in [0.29, 0.717) is 5.69 Å². The summed E-state index contributed by atoms with van der Waals surface area (Å²) in [6.07, 6.45) is 1.19. The van der Waals surface area contributed by atoms with Crippen molar-refractivity contribution in [2.75, 3.05) is 0 Å². The summed E-state index contributed by atoms with van der Waals surface area (Å²) in [5, 5.41) is 9.16. The van der Waals surface area contributed by atoms with Crippen LogP contribution in [0.3, 0.4) is 0 Å². The number of fused-ring (bicyclic) bond motifs is 1. The number of carbonyl (C=O) groups is 1. The standard InChI is InChI=1S/C11H10ClFN2O2/c1-5(2)9-8(11(16)17)14-10-7(12)3-6(13)4-15(9)10/h3-5H,1-2H3,(H,16,17). The van der Waals surface area contributed by atoms with E-state index in [1.807, 2.05) is 13.8 Å². The Bertz CT molecular complexity index is 607. The van der Waals surface area contributed by atoms with E-state index in [0.717, 1.165) is 6.07 Å². The number of carboxylic acid groups (broad SMARTS) is 1. The van der Waals surface area contributed by atoms with Crippen LogP contribution in [0.4, 0.5) is 4.39 Å². The van der Waals surface area contributed by atoms with Crippen LogP contribution in [-0.4, -0.2) is 20.5 Å². The van der Waals surface area contributed by atoms with Gasteiger partial charge in [-0.3, -0.25) is 4.40 Å². The molecule has 0 aliphatic carbocycles. The van der Waals surface area contributed by atoms with Crippen LogP contribution in [0, 0.1) is 5.82 Å². The third-order valence-corrected chi connectivity index (χ3v) is 2.71. The first-order chi connectivity index (χ1) is 7.91. The van der Waals surface area contributed by atoms with Gasteiger partial charge >= 0.3 is 5.97 Å². The fourth-order valence-corrected chi connectivity index (χ4v) is 2.04. The van der Waals surface area contributed by atoms with Gasteiger partial charge in [-0.05, 0) is 12.0 Å². The second-order valence-electron chi connectivity index (χ2n) is 4.01. The molecule has 0 bridgehead atoms. The predicted octanol–water partition coefficient (Wildman–Crippen LogP) is 2.95. The van der Waals surface area contributed by atoms with Crippen LogP contribution in [0.1, 0.15) is 35.9 Å².